The van der Waals surface area contributed by atoms with E-state index < -0.39 is 0 Å². The van der Waals surface area contributed by atoms with Gasteiger partial charge in [-0.3, -0.25) is 0 Å². The largest absolute Gasteiger partial charge is 0.306 e. The molecule has 1 aromatic heterocycles. The summed E-state index contributed by atoms with van der Waals surface area (Å²) < 4.78 is 13.4. The van der Waals surface area contributed by atoms with Gasteiger partial charge in [-0.2, -0.15) is 11.3 Å². The maximum atomic E-state index is 13.4. The smallest absolute Gasteiger partial charge is 0.127 e. The topological polar surface area (TPSA) is 12.0 Å². The quantitative estimate of drug-likeness (QED) is 0.868. The van der Waals surface area contributed by atoms with Gasteiger partial charge in [0, 0.05) is 5.02 Å². The summed E-state index contributed by atoms with van der Waals surface area (Å²) >= 11 is 7.82. The summed E-state index contributed by atoms with van der Waals surface area (Å²) in [5.74, 6) is -0.260. The van der Waals surface area contributed by atoms with Crippen LogP contribution in [0.25, 0.3) is 0 Å². The second kappa shape index (κ2) is 5.83. The Morgan fingerprint density at radius 3 is 2.83 bits per heavy atom. The highest BCUT2D eigenvalue weighted by molar-refractivity contribution is 7.08. The van der Waals surface area contributed by atoms with Gasteiger partial charge >= 0.3 is 0 Å². The van der Waals surface area contributed by atoms with Gasteiger partial charge in [0.1, 0.15) is 5.82 Å². The molecule has 0 saturated heterocycles. The van der Waals surface area contributed by atoms with Crippen LogP contribution in [0.5, 0.6) is 0 Å². The number of nitrogens with one attached hydrogen (secondary N) is 1. The Balaban J connectivity index is 2.46. The summed E-state index contributed by atoms with van der Waals surface area (Å²) in [6.45, 7) is 4.63. The van der Waals surface area contributed by atoms with Crippen molar-refractivity contribution in [2.45, 2.75) is 19.9 Å². The van der Waals surface area contributed by atoms with E-state index in [9.17, 15) is 4.39 Å². The zero-order valence-electron chi connectivity index (χ0n) is 10.3. The molecule has 1 nitrogen and oxygen atoms in total. The number of rotatable bonds is 4. The predicted molar refractivity (Wildman–Crippen MR) is 76.0 cm³/mol. The summed E-state index contributed by atoms with van der Waals surface area (Å²) in [6, 6.07) is 5.30. The number of thiophene rings is 1. The molecule has 0 spiro atoms. The standard InChI is InChI=1S/C14H15ClFNS/c1-3-17-14(10-4-5-18-8-10)11-6-9(2)13(16)7-12(11)15/h4-8,14,17H,3H2,1-2H3. The minimum Gasteiger partial charge on any atom is -0.306 e. The maximum absolute atomic E-state index is 13.4. The van der Waals surface area contributed by atoms with Gasteiger partial charge in [-0.25, -0.2) is 4.39 Å². The normalized spacial score (nSPS) is 12.7. The molecule has 1 atom stereocenters. The Morgan fingerprint density at radius 2 is 2.22 bits per heavy atom. The van der Waals surface area contributed by atoms with Crippen molar-refractivity contribution in [3.8, 4) is 0 Å². The molecule has 0 saturated carbocycles. The highest BCUT2D eigenvalue weighted by Gasteiger charge is 2.18. The lowest BCUT2D eigenvalue weighted by Crippen LogP contribution is -2.22. The number of aryl methyl sites for hydroxylation is 1. The summed E-state index contributed by atoms with van der Waals surface area (Å²) in [5, 5.41) is 7.97. The Kier molecular flexibility index (Phi) is 4.38. The van der Waals surface area contributed by atoms with E-state index in [0.717, 1.165) is 17.7 Å². The van der Waals surface area contributed by atoms with Crippen LogP contribution in [-0.2, 0) is 0 Å². The Labute approximate surface area is 116 Å². The number of hydrogen-bond donors (Lipinski definition) is 1. The van der Waals surface area contributed by atoms with Gasteiger partial charge in [-0.15, -0.1) is 0 Å². The molecule has 1 aromatic carbocycles. The van der Waals surface area contributed by atoms with Crippen molar-refractivity contribution in [1.29, 1.82) is 0 Å². The molecule has 0 aliphatic heterocycles. The highest BCUT2D eigenvalue weighted by atomic mass is 35.5. The molecule has 0 bridgehead atoms. The molecule has 1 unspecified atom stereocenters. The molecule has 4 heteroatoms. The van der Waals surface area contributed by atoms with Crippen LogP contribution in [0, 0.1) is 12.7 Å². The average molecular weight is 284 g/mol. The van der Waals surface area contributed by atoms with Crippen LogP contribution in [0.3, 0.4) is 0 Å². The van der Waals surface area contributed by atoms with E-state index in [-0.39, 0.29) is 11.9 Å². The Morgan fingerprint density at radius 1 is 1.44 bits per heavy atom. The molecule has 2 aromatic rings. The molecular formula is C14H15ClFNS. The molecule has 96 valence electrons. The fourth-order valence-electron chi connectivity index (χ4n) is 1.95. The minimum atomic E-state index is -0.260. The first-order valence-electron chi connectivity index (χ1n) is 5.84. The molecule has 0 fully saturated rings. The second-order valence-corrected chi connectivity index (χ2v) is 5.36. The first-order valence-corrected chi connectivity index (χ1v) is 7.16. The van der Waals surface area contributed by atoms with Gasteiger partial charge in [-0.05, 0) is 59.1 Å². The molecule has 0 radical (unpaired) electrons. The molecule has 18 heavy (non-hydrogen) atoms. The maximum Gasteiger partial charge on any atom is 0.127 e. The lowest BCUT2D eigenvalue weighted by molar-refractivity contribution is 0.607. The summed E-state index contributed by atoms with van der Waals surface area (Å²) in [4.78, 5) is 0. The van der Waals surface area contributed by atoms with Crippen LogP contribution in [0.4, 0.5) is 4.39 Å². The van der Waals surface area contributed by atoms with E-state index in [0.29, 0.717) is 10.6 Å². The molecule has 1 heterocycles. The van der Waals surface area contributed by atoms with Crippen molar-refractivity contribution in [3.05, 3.63) is 56.5 Å². The van der Waals surface area contributed by atoms with Gasteiger partial charge in [0.15, 0.2) is 0 Å². The van der Waals surface area contributed by atoms with Crippen molar-refractivity contribution < 1.29 is 4.39 Å². The van der Waals surface area contributed by atoms with E-state index in [4.69, 9.17) is 11.6 Å². The second-order valence-electron chi connectivity index (χ2n) is 4.17. The third-order valence-electron chi connectivity index (χ3n) is 2.87. The van der Waals surface area contributed by atoms with E-state index in [2.05, 4.69) is 16.8 Å². The fraction of sp³-hybridized carbons (Fsp3) is 0.286. The van der Waals surface area contributed by atoms with Crippen molar-refractivity contribution in [3.63, 3.8) is 0 Å². The van der Waals surface area contributed by atoms with E-state index >= 15 is 0 Å². The average Bonchev–Trinajstić information content (AvgIpc) is 2.85. The van der Waals surface area contributed by atoms with E-state index in [1.807, 2.05) is 18.4 Å². The lowest BCUT2D eigenvalue weighted by Gasteiger charge is -2.19. The lowest BCUT2D eigenvalue weighted by atomic mass is 9.99. The minimum absolute atomic E-state index is 0.0213. The number of hydrogen-bond acceptors (Lipinski definition) is 2. The summed E-state index contributed by atoms with van der Waals surface area (Å²) in [6.07, 6.45) is 0. The fourth-order valence-corrected chi connectivity index (χ4v) is 2.90. The zero-order valence-corrected chi connectivity index (χ0v) is 11.9. The Bertz CT molecular complexity index is 525. The summed E-state index contributed by atoms with van der Waals surface area (Å²) in [5.41, 5.74) is 2.71. The third-order valence-corrected chi connectivity index (χ3v) is 3.90. The molecule has 0 aliphatic rings. The summed E-state index contributed by atoms with van der Waals surface area (Å²) in [7, 11) is 0. The van der Waals surface area contributed by atoms with Crippen LogP contribution >= 0.6 is 22.9 Å². The van der Waals surface area contributed by atoms with Gasteiger partial charge in [0.2, 0.25) is 0 Å². The molecule has 2 rings (SSSR count). The first kappa shape index (κ1) is 13.5. The van der Waals surface area contributed by atoms with E-state index in [1.54, 1.807) is 18.3 Å². The van der Waals surface area contributed by atoms with Crippen LogP contribution in [0.1, 0.15) is 29.7 Å². The van der Waals surface area contributed by atoms with Crippen molar-refractivity contribution in [2.75, 3.05) is 6.54 Å². The van der Waals surface area contributed by atoms with Crippen LogP contribution in [-0.4, -0.2) is 6.54 Å². The predicted octanol–water partition coefficient (Wildman–Crippen LogP) is 4.55. The molecule has 1 N–H and O–H groups in total. The highest BCUT2D eigenvalue weighted by Crippen LogP contribution is 2.31. The Hall–Kier alpha value is -0.900. The van der Waals surface area contributed by atoms with Gasteiger partial charge in [0.25, 0.3) is 0 Å². The zero-order chi connectivity index (χ0) is 13.1. The van der Waals surface area contributed by atoms with Gasteiger partial charge in [0.05, 0.1) is 6.04 Å². The van der Waals surface area contributed by atoms with Gasteiger partial charge < -0.3 is 5.32 Å². The van der Waals surface area contributed by atoms with Crippen molar-refractivity contribution in [2.24, 2.45) is 0 Å². The SMILES string of the molecule is CCNC(c1ccsc1)c1cc(C)c(F)cc1Cl. The molecular weight excluding hydrogens is 269 g/mol. The van der Waals surface area contributed by atoms with Crippen LogP contribution in [0.2, 0.25) is 5.02 Å². The molecule has 0 aliphatic carbocycles. The monoisotopic (exact) mass is 283 g/mol. The van der Waals surface area contributed by atoms with Crippen molar-refractivity contribution in [1.82, 2.24) is 5.32 Å². The third kappa shape index (κ3) is 2.74. The van der Waals surface area contributed by atoms with Crippen molar-refractivity contribution >= 4 is 22.9 Å². The number of benzene rings is 1. The van der Waals surface area contributed by atoms with Crippen LogP contribution < -0.4 is 5.32 Å². The molecule has 0 amide bonds. The number of halogens is 2. The van der Waals surface area contributed by atoms with Crippen LogP contribution in [0.15, 0.2) is 29.0 Å². The first-order chi connectivity index (χ1) is 8.63. The van der Waals surface area contributed by atoms with E-state index in [1.165, 1.54) is 6.07 Å². The van der Waals surface area contributed by atoms with Gasteiger partial charge in [-0.1, -0.05) is 18.5 Å².